The third kappa shape index (κ3) is 6.10. The first-order valence-corrected chi connectivity index (χ1v) is 10.8. The van der Waals surface area contributed by atoms with Crippen molar-refractivity contribution in [1.29, 1.82) is 0 Å². The van der Waals surface area contributed by atoms with E-state index < -0.39 is 5.97 Å². The number of hydrogen-bond acceptors (Lipinski definition) is 6. The molecule has 4 aromatic rings. The van der Waals surface area contributed by atoms with Gasteiger partial charge in [0.1, 0.15) is 30.4 Å². The molecule has 0 aliphatic rings. The number of aryl methyl sites for hydroxylation is 1. The van der Waals surface area contributed by atoms with Crippen LogP contribution < -0.4 is 4.74 Å². The Hall–Kier alpha value is -4.39. The Balaban J connectivity index is 1.31. The quantitative estimate of drug-likeness (QED) is 0.253. The van der Waals surface area contributed by atoms with Crippen molar-refractivity contribution in [2.24, 2.45) is 5.16 Å². The van der Waals surface area contributed by atoms with E-state index in [9.17, 15) is 9.90 Å². The molecule has 0 saturated carbocycles. The van der Waals surface area contributed by atoms with Gasteiger partial charge in [0, 0.05) is 12.0 Å². The van der Waals surface area contributed by atoms with Gasteiger partial charge in [-0.25, -0.2) is 9.78 Å². The predicted molar refractivity (Wildman–Crippen MR) is 127 cm³/mol. The zero-order chi connectivity index (χ0) is 23.8. The third-order valence-corrected chi connectivity index (χ3v) is 5.08. The van der Waals surface area contributed by atoms with Crippen molar-refractivity contribution in [2.45, 2.75) is 26.6 Å². The Labute approximate surface area is 197 Å². The van der Waals surface area contributed by atoms with E-state index in [1.807, 2.05) is 91.9 Å². The number of carboxylic acid groups (broad SMARTS) is 1. The summed E-state index contributed by atoms with van der Waals surface area (Å²) in [4.78, 5) is 21.3. The molecular weight excluding hydrogens is 432 g/mol. The number of oxime groups is 1. The maximum absolute atomic E-state index is 11.4. The van der Waals surface area contributed by atoms with Crippen LogP contribution in [-0.4, -0.2) is 21.8 Å². The minimum atomic E-state index is -1.11. The van der Waals surface area contributed by atoms with Crippen LogP contribution in [0.2, 0.25) is 0 Å². The number of nitrogens with zero attached hydrogens (tertiary/aromatic N) is 2. The summed E-state index contributed by atoms with van der Waals surface area (Å²) in [7, 11) is 0. The average Bonchev–Trinajstić information content (AvgIpc) is 3.24. The third-order valence-electron chi connectivity index (χ3n) is 5.08. The van der Waals surface area contributed by atoms with Crippen molar-refractivity contribution >= 4 is 11.7 Å². The van der Waals surface area contributed by atoms with Gasteiger partial charge in [0.05, 0.1) is 0 Å². The van der Waals surface area contributed by atoms with E-state index >= 15 is 0 Å². The molecule has 7 nitrogen and oxygen atoms in total. The van der Waals surface area contributed by atoms with Crippen molar-refractivity contribution in [2.75, 3.05) is 0 Å². The van der Waals surface area contributed by atoms with Gasteiger partial charge in [0.25, 0.3) is 0 Å². The fourth-order valence-corrected chi connectivity index (χ4v) is 3.22. The summed E-state index contributed by atoms with van der Waals surface area (Å²) >= 11 is 0. The van der Waals surface area contributed by atoms with Crippen LogP contribution in [0.4, 0.5) is 0 Å². The zero-order valence-electron chi connectivity index (χ0n) is 18.7. The molecule has 172 valence electrons. The van der Waals surface area contributed by atoms with Crippen LogP contribution in [-0.2, 0) is 29.3 Å². The second-order valence-electron chi connectivity index (χ2n) is 7.60. The molecule has 7 heteroatoms. The molecule has 4 rings (SSSR count). The molecule has 0 atom stereocenters. The minimum absolute atomic E-state index is 0.0518. The number of ether oxygens (including phenoxy) is 1. The number of aliphatic carboxylic acids is 1. The molecule has 0 fully saturated rings. The predicted octanol–water partition coefficient (Wildman–Crippen LogP) is 5.43. The standard InChI is InChI=1S/C27H24N2O5/c1-19-25(28-26(34-19)22-10-6-3-7-11-22)18-32-23-14-12-21(13-15-23)17-33-29-24(27(30)31)16-20-8-4-2-5-9-20/h2-15H,16-18H2,1H3,(H,30,31)/b29-24-. The monoisotopic (exact) mass is 456 g/mol. The van der Waals surface area contributed by atoms with Crippen LogP contribution in [0.3, 0.4) is 0 Å². The van der Waals surface area contributed by atoms with Crippen LogP contribution in [0.15, 0.2) is 94.5 Å². The summed E-state index contributed by atoms with van der Waals surface area (Å²) in [6.07, 6.45) is 0.191. The van der Waals surface area contributed by atoms with Crippen molar-refractivity contribution < 1.29 is 23.9 Å². The molecule has 1 heterocycles. The maximum atomic E-state index is 11.4. The van der Waals surface area contributed by atoms with Crippen LogP contribution in [0, 0.1) is 6.92 Å². The van der Waals surface area contributed by atoms with Gasteiger partial charge in [-0.1, -0.05) is 65.8 Å². The van der Waals surface area contributed by atoms with Crippen LogP contribution >= 0.6 is 0 Å². The molecule has 0 unspecified atom stereocenters. The van der Waals surface area contributed by atoms with Crippen LogP contribution in [0.5, 0.6) is 5.75 Å². The average molecular weight is 456 g/mol. The number of oxazole rings is 1. The van der Waals surface area contributed by atoms with Gasteiger partial charge >= 0.3 is 5.97 Å². The highest BCUT2D eigenvalue weighted by Crippen LogP contribution is 2.23. The molecule has 3 aromatic carbocycles. The zero-order valence-corrected chi connectivity index (χ0v) is 18.7. The summed E-state index contributed by atoms with van der Waals surface area (Å²) in [6.45, 7) is 2.29. The highest BCUT2D eigenvalue weighted by molar-refractivity contribution is 6.35. The van der Waals surface area contributed by atoms with E-state index in [1.165, 1.54) is 0 Å². The molecule has 34 heavy (non-hydrogen) atoms. The van der Waals surface area contributed by atoms with Crippen molar-refractivity contribution in [3.05, 3.63) is 108 Å². The Morgan fingerprint density at radius 1 is 0.912 bits per heavy atom. The smallest absolute Gasteiger partial charge is 0.354 e. The van der Waals surface area contributed by atoms with Crippen molar-refractivity contribution in [3.8, 4) is 17.2 Å². The Morgan fingerprint density at radius 3 is 2.26 bits per heavy atom. The molecule has 0 amide bonds. The molecule has 0 aliphatic carbocycles. The summed E-state index contributed by atoms with van der Waals surface area (Å²) < 4.78 is 11.6. The second-order valence-corrected chi connectivity index (χ2v) is 7.60. The number of hydrogen-bond donors (Lipinski definition) is 1. The van der Waals surface area contributed by atoms with Gasteiger partial charge in [-0.3, -0.25) is 0 Å². The highest BCUT2D eigenvalue weighted by Gasteiger charge is 2.13. The Kier molecular flexibility index (Phi) is 7.35. The summed E-state index contributed by atoms with van der Waals surface area (Å²) in [5, 5.41) is 13.2. The molecule has 0 aliphatic heterocycles. The molecule has 0 spiro atoms. The van der Waals surface area contributed by atoms with E-state index in [1.54, 1.807) is 0 Å². The lowest BCUT2D eigenvalue weighted by atomic mass is 10.1. The fraction of sp³-hybridized carbons (Fsp3) is 0.148. The van der Waals surface area contributed by atoms with E-state index in [2.05, 4.69) is 10.1 Å². The summed E-state index contributed by atoms with van der Waals surface area (Å²) in [6, 6.07) is 26.3. The maximum Gasteiger partial charge on any atom is 0.354 e. The first-order valence-electron chi connectivity index (χ1n) is 10.8. The number of carboxylic acids is 1. The molecule has 0 saturated heterocycles. The molecular formula is C27H24N2O5. The largest absolute Gasteiger partial charge is 0.487 e. The van der Waals surface area contributed by atoms with Crippen LogP contribution in [0.1, 0.15) is 22.6 Å². The first-order chi connectivity index (χ1) is 16.6. The van der Waals surface area contributed by atoms with E-state index in [4.69, 9.17) is 14.0 Å². The Bertz CT molecular complexity index is 1250. The number of benzene rings is 3. The van der Waals surface area contributed by atoms with E-state index in [-0.39, 0.29) is 25.3 Å². The van der Waals surface area contributed by atoms with Gasteiger partial charge in [-0.2, -0.15) is 0 Å². The molecule has 0 bridgehead atoms. The van der Waals surface area contributed by atoms with Gasteiger partial charge in [0.15, 0.2) is 5.71 Å². The number of aromatic nitrogens is 1. The molecule has 1 N–H and O–H groups in total. The molecule has 1 aromatic heterocycles. The summed E-state index contributed by atoms with van der Waals surface area (Å²) in [5.41, 5.74) is 3.29. The first kappa shape index (κ1) is 22.8. The van der Waals surface area contributed by atoms with Gasteiger partial charge in [-0.15, -0.1) is 0 Å². The van der Waals surface area contributed by atoms with Gasteiger partial charge in [0.2, 0.25) is 5.89 Å². The lowest BCUT2D eigenvalue weighted by Gasteiger charge is -2.06. The SMILES string of the molecule is Cc1oc(-c2ccccc2)nc1COc1ccc(CO/N=C(/Cc2ccccc2)C(=O)O)cc1. The van der Waals surface area contributed by atoms with Crippen LogP contribution in [0.25, 0.3) is 11.5 Å². The van der Waals surface area contributed by atoms with Gasteiger partial charge < -0.3 is 19.1 Å². The normalized spacial score (nSPS) is 11.3. The molecule has 0 radical (unpaired) electrons. The van der Waals surface area contributed by atoms with Gasteiger partial charge in [-0.05, 0) is 42.3 Å². The Morgan fingerprint density at radius 2 is 1.59 bits per heavy atom. The van der Waals surface area contributed by atoms with E-state index in [0.717, 1.165) is 22.4 Å². The number of rotatable bonds is 10. The van der Waals surface area contributed by atoms with Crippen molar-refractivity contribution in [1.82, 2.24) is 4.98 Å². The summed E-state index contributed by atoms with van der Waals surface area (Å²) in [5.74, 6) is 0.849. The minimum Gasteiger partial charge on any atom is -0.487 e. The highest BCUT2D eigenvalue weighted by atomic mass is 16.6. The lowest BCUT2D eigenvalue weighted by molar-refractivity contribution is -0.129. The van der Waals surface area contributed by atoms with Crippen molar-refractivity contribution in [3.63, 3.8) is 0 Å². The second kappa shape index (κ2) is 11.0. The lowest BCUT2D eigenvalue weighted by Crippen LogP contribution is -2.16. The topological polar surface area (TPSA) is 94.2 Å². The number of carbonyl (C=O) groups is 1. The van der Waals surface area contributed by atoms with E-state index in [0.29, 0.717) is 17.4 Å². The fourth-order valence-electron chi connectivity index (χ4n) is 3.22.